The predicted octanol–water partition coefficient (Wildman–Crippen LogP) is 6.91. The van der Waals surface area contributed by atoms with Gasteiger partial charge in [0, 0.05) is 22.5 Å². The zero-order valence-corrected chi connectivity index (χ0v) is 20.5. The molecule has 0 bridgehead atoms. The lowest BCUT2D eigenvalue weighted by Crippen LogP contribution is -2.40. The maximum Gasteiger partial charge on any atom is 0.269 e. The van der Waals surface area contributed by atoms with Gasteiger partial charge in [-0.3, -0.25) is 14.7 Å². The van der Waals surface area contributed by atoms with E-state index in [2.05, 4.69) is 24.0 Å². The van der Waals surface area contributed by atoms with E-state index in [0.717, 1.165) is 50.6 Å². The molecule has 1 saturated heterocycles. The van der Waals surface area contributed by atoms with Gasteiger partial charge in [0.2, 0.25) is 0 Å². The number of carbonyl (C=O) groups excluding carboxylic acids is 1. The number of amidine groups is 1. The number of hydrogen-bond acceptors (Lipinski definition) is 5. The first-order valence-electron chi connectivity index (χ1n) is 11.2. The minimum atomic E-state index is 0.105. The maximum atomic E-state index is 13.8. The molecule has 4 nitrogen and oxygen atoms in total. The van der Waals surface area contributed by atoms with Crippen LogP contribution in [0.2, 0.25) is 5.02 Å². The molecule has 5 rings (SSSR count). The van der Waals surface area contributed by atoms with Crippen LogP contribution in [-0.2, 0) is 11.3 Å². The Balaban J connectivity index is 1.51. The van der Waals surface area contributed by atoms with Crippen LogP contribution in [0.25, 0.3) is 0 Å². The number of rotatable bonds is 4. The zero-order chi connectivity index (χ0) is 22.1. The lowest BCUT2D eigenvalue weighted by atomic mass is 9.94. The Morgan fingerprint density at radius 2 is 1.84 bits per heavy atom. The summed E-state index contributed by atoms with van der Waals surface area (Å²) in [6.07, 6.45) is 5.72. The number of aliphatic imine (C=N–C) groups is 1. The SMILES string of the molecule is CCN1C(=C2SC(=NCc3ccccc3)N(C3CCCCC3)C2=O)Sc2ccc(Cl)cc21. The van der Waals surface area contributed by atoms with E-state index in [1.54, 1.807) is 23.5 Å². The fourth-order valence-electron chi connectivity index (χ4n) is 4.57. The van der Waals surface area contributed by atoms with E-state index in [0.29, 0.717) is 11.6 Å². The second kappa shape index (κ2) is 9.54. The molecule has 1 amide bonds. The van der Waals surface area contributed by atoms with Gasteiger partial charge in [0.15, 0.2) is 5.17 Å². The van der Waals surface area contributed by atoms with Crippen LogP contribution in [0.1, 0.15) is 44.6 Å². The Kier molecular flexibility index (Phi) is 6.54. The number of anilines is 1. The number of benzene rings is 2. The summed E-state index contributed by atoms with van der Waals surface area (Å²) < 4.78 is 0. The van der Waals surface area contributed by atoms with Crippen LogP contribution in [-0.4, -0.2) is 28.6 Å². The van der Waals surface area contributed by atoms with Crippen molar-refractivity contribution < 1.29 is 4.79 Å². The first-order chi connectivity index (χ1) is 15.7. The van der Waals surface area contributed by atoms with Gasteiger partial charge in [0.05, 0.1) is 12.2 Å². The van der Waals surface area contributed by atoms with Gasteiger partial charge in [0.1, 0.15) is 9.93 Å². The highest BCUT2D eigenvalue weighted by atomic mass is 35.5. The largest absolute Gasteiger partial charge is 0.334 e. The standard InChI is InChI=1S/C25H26ClN3OS2/c1-2-28-20-15-18(26)13-14-21(20)31-24(28)22-23(30)29(19-11-7-4-8-12-19)25(32-22)27-16-17-9-5-3-6-10-17/h3,5-6,9-10,13-15,19H,2,4,7-8,11-12,16H2,1H3. The summed E-state index contributed by atoms with van der Waals surface area (Å²) in [5, 5.41) is 2.57. The Bertz CT molecular complexity index is 1080. The molecule has 166 valence electrons. The van der Waals surface area contributed by atoms with Crippen LogP contribution >= 0.6 is 35.1 Å². The molecule has 2 aromatic rings. The molecule has 3 aliphatic rings. The van der Waals surface area contributed by atoms with Crippen LogP contribution in [0, 0.1) is 0 Å². The molecule has 0 aromatic heterocycles. The topological polar surface area (TPSA) is 35.9 Å². The molecule has 2 fully saturated rings. The van der Waals surface area contributed by atoms with Gasteiger partial charge in [-0.05, 0) is 55.3 Å². The van der Waals surface area contributed by atoms with Gasteiger partial charge in [0.25, 0.3) is 5.91 Å². The van der Waals surface area contributed by atoms with Gasteiger partial charge in [-0.1, -0.05) is 73.0 Å². The zero-order valence-electron chi connectivity index (χ0n) is 18.1. The van der Waals surface area contributed by atoms with E-state index in [1.807, 2.05) is 41.3 Å². The summed E-state index contributed by atoms with van der Waals surface area (Å²) in [4.78, 5) is 24.9. The first kappa shape index (κ1) is 21.9. The van der Waals surface area contributed by atoms with Crippen molar-refractivity contribution in [2.45, 2.75) is 56.5 Å². The number of nitrogens with zero attached hydrogens (tertiary/aromatic N) is 3. The molecule has 0 unspecified atom stereocenters. The minimum absolute atomic E-state index is 0.105. The second-order valence-electron chi connectivity index (χ2n) is 8.25. The van der Waals surface area contributed by atoms with Crippen LogP contribution in [0.5, 0.6) is 0 Å². The molecule has 7 heteroatoms. The number of hydrogen-bond donors (Lipinski definition) is 0. The fourth-order valence-corrected chi connectivity index (χ4v) is 7.14. The molecule has 0 spiro atoms. The van der Waals surface area contributed by atoms with Gasteiger partial charge in [-0.2, -0.15) is 0 Å². The third-order valence-electron chi connectivity index (χ3n) is 6.17. The van der Waals surface area contributed by atoms with E-state index in [4.69, 9.17) is 16.6 Å². The predicted molar refractivity (Wildman–Crippen MR) is 136 cm³/mol. The van der Waals surface area contributed by atoms with Crippen molar-refractivity contribution >= 4 is 51.9 Å². The Morgan fingerprint density at radius 1 is 1.06 bits per heavy atom. The lowest BCUT2D eigenvalue weighted by Gasteiger charge is -2.30. The third-order valence-corrected chi connectivity index (χ3v) is 8.79. The molecule has 32 heavy (non-hydrogen) atoms. The maximum absolute atomic E-state index is 13.8. The smallest absolute Gasteiger partial charge is 0.269 e. The van der Waals surface area contributed by atoms with Crippen molar-refractivity contribution in [1.82, 2.24) is 4.90 Å². The molecule has 0 atom stereocenters. The van der Waals surface area contributed by atoms with Crippen LogP contribution in [0.15, 0.2) is 68.4 Å². The third kappa shape index (κ3) is 4.20. The van der Waals surface area contributed by atoms with E-state index in [1.165, 1.54) is 19.3 Å². The van der Waals surface area contributed by atoms with Gasteiger partial charge in [-0.15, -0.1) is 0 Å². The minimum Gasteiger partial charge on any atom is -0.334 e. The number of fused-ring (bicyclic) bond motifs is 1. The summed E-state index contributed by atoms with van der Waals surface area (Å²) in [5.41, 5.74) is 2.24. The summed E-state index contributed by atoms with van der Waals surface area (Å²) in [5.74, 6) is 0.105. The van der Waals surface area contributed by atoms with Gasteiger partial charge >= 0.3 is 0 Å². The van der Waals surface area contributed by atoms with Crippen LogP contribution in [0.3, 0.4) is 0 Å². The molecule has 2 aliphatic heterocycles. The molecule has 1 saturated carbocycles. The molecule has 2 heterocycles. The number of amides is 1. The fraction of sp³-hybridized carbons (Fsp3) is 0.360. The normalized spacial score (nSPS) is 22.8. The van der Waals surface area contributed by atoms with E-state index in [9.17, 15) is 4.79 Å². The summed E-state index contributed by atoms with van der Waals surface area (Å²) in [6, 6.07) is 16.5. The lowest BCUT2D eigenvalue weighted by molar-refractivity contribution is -0.124. The molecular weight excluding hydrogens is 458 g/mol. The summed E-state index contributed by atoms with van der Waals surface area (Å²) in [6.45, 7) is 3.49. The van der Waals surface area contributed by atoms with Crippen molar-refractivity contribution in [2.75, 3.05) is 11.4 Å². The Labute approximate surface area is 203 Å². The van der Waals surface area contributed by atoms with Crippen molar-refractivity contribution in [1.29, 1.82) is 0 Å². The first-order valence-corrected chi connectivity index (χ1v) is 13.3. The average Bonchev–Trinajstić information content (AvgIpc) is 3.35. The van der Waals surface area contributed by atoms with Crippen LogP contribution < -0.4 is 4.90 Å². The number of carbonyl (C=O) groups is 1. The molecular formula is C25H26ClN3OS2. The summed E-state index contributed by atoms with van der Waals surface area (Å²) >= 11 is 9.49. The Morgan fingerprint density at radius 3 is 2.59 bits per heavy atom. The van der Waals surface area contributed by atoms with Gasteiger partial charge in [-0.25, -0.2) is 0 Å². The highest BCUT2D eigenvalue weighted by molar-refractivity contribution is 8.19. The quantitative estimate of drug-likeness (QED) is 0.443. The molecule has 1 aliphatic carbocycles. The molecule has 0 N–H and O–H groups in total. The highest BCUT2D eigenvalue weighted by Crippen LogP contribution is 2.51. The van der Waals surface area contributed by atoms with Gasteiger partial charge < -0.3 is 4.90 Å². The van der Waals surface area contributed by atoms with Crippen molar-refractivity contribution in [2.24, 2.45) is 4.99 Å². The second-order valence-corrected chi connectivity index (χ2v) is 10.7. The number of halogens is 1. The average molecular weight is 484 g/mol. The van der Waals surface area contributed by atoms with Crippen molar-refractivity contribution in [3.63, 3.8) is 0 Å². The van der Waals surface area contributed by atoms with Crippen molar-refractivity contribution in [3.05, 3.63) is 69.1 Å². The van der Waals surface area contributed by atoms with Crippen LogP contribution in [0.4, 0.5) is 5.69 Å². The number of thioether (sulfide) groups is 2. The van der Waals surface area contributed by atoms with E-state index >= 15 is 0 Å². The highest BCUT2D eigenvalue weighted by Gasteiger charge is 2.42. The monoisotopic (exact) mass is 483 g/mol. The molecule has 0 radical (unpaired) electrons. The summed E-state index contributed by atoms with van der Waals surface area (Å²) in [7, 11) is 0. The molecule has 2 aromatic carbocycles. The Hall–Kier alpha value is -1.89. The van der Waals surface area contributed by atoms with E-state index < -0.39 is 0 Å². The van der Waals surface area contributed by atoms with E-state index in [-0.39, 0.29) is 11.9 Å². The van der Waals surface area contributed by atoms with Crippen molar-refractivity contribution in [3.8, 4) is 0 Å².